The molecule has 2 aromatic rings. The number of carbonyl (C=O) groups is 2. The molecule has 0 aromatic heterocycles. The first-order chi connectivity index (χ1) is 12.3. The quantitative estimate of drug-likeness (QED) is 0.433. The number of nitrogens with one attached hydrogen (secondary N) is 1. The number of nitro groups is 1. The molecule has 136 valence electrons. The lowest BCUT2D eigenvalue weighted by Crippen LogP contribution is -2.21. The van der Waals surface area contributed by atoms with Crippen LogP contribution in [0, 0.1) is 17.0 Å². The Bertz CT molecular complexity index is 868. The van der Waals surface area contributed by atoms with Gasteiger partial charge in [0, 0.05) is 22.3 Å². The van der Waals surface area contributed by atoms with Gasteiger partial charge in [-0.25, -0.2) is 4.79 Å². The van der Waals surface area contributed by atoms with Crippen molar-refractivity contribution < 1.29 is 24.0 Å². The SMILES string of the molecule is COc1ccc(Br)c(C(=O)OCC(=O)Nc2ccc([N+](=O)[O-])cc2C)c1. The number of ether oxygens (including phenoxy) is 2. The normalized spacial score (nSPS) is 10.1. The Kier molecular flexibility index (Phi) is 6.29. The van der Waals surface area contributed by atoms with E-state index in [2.05, 4.69) is 21.2 Å². The third-order valence-corrected chi connectivity index (χ3v) is 4.11. The second-order valence-corrected chi connectivity index (χ2v) is 6.08. The zero-order valence-electron chi connectivity index (χ0n) is 13.9. The predicted octanol–water partition coefficient (Wildman–Crippen LogP) is 3.47. The van der Waals surface area contributed by atoms with E-state index in [1.54, 1.807) is 19.1 Å². The van der Waals surface area contributed by atoms with Crippen LogP contribution < -0.4 is 10.1 Å². The number of methoxy groups -OCH3 is 1. The fourth-order valence-electron chi connectivity index (χ4n) is 2.08. The van der Waals surface area contributed by atoms with Crippen molar-refractivity contribution in [1.82, 2.24) is 0 Å². The van der Waals surface area contributed by atoms with E-state index in [1.807, 2.05) is 0 Å². The van der Waals surface area contributed by atoms with E-state index in [1.165, 1.54) is 31.4 Å². The zero-order valence-corrected chi connectivity index (χ0v) is 15.5. The Balaban J connectivity index is 1.99. The Morgan fingerprint density at radius 3 is 2.58 bits per heavy atom. The number of anilines is 1. The van der Waals surface area contributed by atoms with Gasteiger partial charge in [0.05, 0.1) is 17.6 Å². The Hall–Kier alpha value is -2.94. The highest BCUT2D eigenvalue weighted by atomic mass is 79.9. The van der Waals surface area contributed by atoms with Crippen molar-refractivity contribution >= 4 is 39.2 Å². The first-order valence-electron chi connectivity index (χ1n) is 7.37. The van der Waals surface area contributed by atoms with Crippen molar-refractivity contribution in [2.45, 2.75) is 6.92 Å². The number of amides is 1. The average Bonchev–Trinajstić information content (AvgIpc) is 2.61. The van der Waals surface area contributed by atoms with E-state index in [0.29, 0.717) is 21.5 Å². The number of hydrogen-bond acceptors (Lipinski definition) is 6. The lowest BCUT2D eigenvalue weighted by molar-refractivity contribution is -0.384. The van der Waals surface area contributed by atoms with Crippen molar-refractivity contribution in [3.8, 4) is 5.75 Å². The Morgan fingerprint density at radius 2 is 1.96 bits per heavy atom. The molecule has 0 radical (unpaired) electrons. The van der Waals surface area contributed by atoms with Crippen LogP contribution in [0.2, 0.25) is 0 Å². The van der Waals surface area contributed by atoms with Gasteiger partial charge in [0.2, 0.25) is 0 Å². The highest BCUT2D eigenvalue weighted by Crippen LogP contribution is 2.23. The average molecular weight is 423 g/mol. The van der Waals surface area contributed by atoms with E-state index in [9.17, 15) is 19.7 Å². The van der Waals surface area contributed by atoms with Crippen LogP contribution in [0.3, 0.4) is 0 Å². The summed E-state index contributed by atoms with van der Waals surface area (Å²) in [6, 6.07) is 8.84. The van der Waals surface area contributed by atoms with E-state index in [4.69, 9.17) is 9.47 Å². The summed E-state index contributed by atoms with van der Waals surface area (Å²) < 4.78 is 10.6. The molecule has 0 spiro atoms. The number of aryl methyl sites for hydroxylation is 1. The van der Waals surface area contributed by atoms with Gasteiger partial charge < -0.3 is 14.8 Å². The van der Waals surface area contributed by atoms with Crippen LogP contribution in [0.15, 0.2) is 40.9 Å². The summed E-state index contributed by atoms with van der Waals surface area (Å²) in [5, 5.41) is 13.3. The molecular formula is C17H15BrN2O6. The van der Waals surface area contributed by atoms with Crippen LogP contribution in [0.25, 0.3) is 0 Å². The summed E-state index contributed by atoms with van der Waals surface area (Å²) in [6.07, 6.45) is 0. The minimum Gasteiger partial charge on any atom is -0.497 e. The molecule has 26 heavy (non-hydrogen) atoms. The molecule has 0 aliphatic heterocycles. The van der Waals surface area contributed by atoms with Gasteiger partial charge >= 0.3 is 5.97 Å². The monoisotopic (exact) mass is 422 g/mol. The van der Waals surface area contributed by atoms with Gasteiger partial charge in [0.25, 0.3) is 11.6 Å². The molecule has 2 aromatic carbocycles. The minimum absolute atomic E-state index is 0.0743. The molecule has 0 atom stereocenters. The molecule has 1 amide bonds. The lowest BCUT2D eigenvalue weighted by Gasteiger charge is -2.10. The number of hydrogen-bond donors (Lipinski definition) is 1. The summed E-state index contributed by atoms with van der Waals surface area (Å²) in [5.41, 5.74) is 1.08. The molecule has 0 unspecified atom stereocenters. The van der Waals surface area contributed by atoms with Gasteiger partial charge in [0.15, 0.2) is 6.61 Å². The van der Waals surface area contributed by atoms with Crippen LogP contribution >= 0.6 is 15.9 Å². The fraction of sp³-hybridized carbons (Fsp3) is 0.176. The molecule has 0 fully saturated rings. The van der Waals surface area contributed by atoms with Gasteiger partial charge in [-0.1, -0.05) is 0 Å². The largest absolute Gasteiger partial charge is 0.497 e. The maximum absolute atomic E-state index is 12.1. The van der Waals surface area contributed by atoms with Crippen molar-refractivity contribution in [3.05, 3.63) is 62.1 Å². The van der Waals surface area contributed by atoms with E-state index >= 15 is 0 Å². The van der Waals surface area contributed by atoms with Gasteiger partial charge in [-0.15, -0.1) is 0 Å². The first kappa shape index (κ1) is 19.4. The summed E-state index contributed by atoms with van der Waals surface area (Å²) in [7, 11) is 1.47. The predicted molar refractivity (Wildman–Crippen MR) is 97.4 cm³/mol. The number of nitro benzene ring substituents is 1. The van der Waals surface area contributed by atoms with Crippen LogP contribution in [0.5, 0.6) is 5.75 Å². The van der Waals surface area contributed by atoms with E-state index in [0.717, 1.165) is 0 Å². The van der Waals surface area contributed by atoms with Crippen LogP contribution in [-0.4, -0.2) is 30.5 Å². The lowest BCUT2D eigenvalue weighted by atomic mass is 10.2. The van der Waals surface area contributed by atoms with Crippen molar-refractivity contribution in [3.63, 3.8) is 0 Å². The summed E-state index contributed by atoms with van der Waals surface area (Å²) in [4.78, 5) is 34.3. The molecule has 0 saturated carbocycles. The third kappa shape index (κ3) is 4.79. The number of rotatable bonds is 6. The van der Waals surface area contributed by atoms with Crippen LogP contribution in [0.4, 0.5) is 11.4 Å². The smallest absolute Gasteiger partial charge is 0.339 e. The minimum atomic E-state index is -0.689. The molecule has 1 N–H and O–H groups in total. The molecule has 0 heterocycles. The first-order valence-corrected chi connectivity index (χ1v) is 8.16. The van der Waals surface area contributed by atoms with Crippen molar-refractivity contribution in [1.29, 1.82) is 0 Å². The zero-order chi connectivity index (χ0) is 19.3. The van der Waals surface area contributed by atoms with Gasteiger partial charge in [0.1, 0.15) is 5.75 Å². The Labute approximate surface area is 157 Å². The standard InChI is InChI=1S/C17H15BrN2O6/c1-10-7-11(20(23)24)3-6-15(10)19-16(21)9-26-17(22)13-8-12(25-2)4-5-14(13)18/h3-8H,9H2,1-2H3,(H,19,21). The molecule has 2 rings (SSSR count). The van der Waals surface area contributed by atoms with E-state index < -0.39 is 23.4 Å². The topological polar surface area (TPSA) is 108 Å². The molecule has 0 aliphatic carbocycles. The molecule has 0 bridgehead atoms. The Morgan fingerprint density at radius 1 is 1.23 bits per heavy atom. The second-order valence-electron chi connectivity index (χ2n) is 5.23. The number of carbonyl (C=O) groups excluding carboxylic acids is 2. The van der Waals surface area contributed by atoms with Gasteiger partial charge in [-0.05, 0) is 52.7 Å². The molecule has 0 saturated heterocycles. The van der Waals surface area contributed by atoms with Crippen molar-refractivity contribution in [2.75, 3.05) is 19.0 Å². The second kappa shape index (κ2) is 8.43. The highest BCUT2D eigenvalue weighted by Gasteiger charge is 2.16. The number of esters is 1. The van der Waals surface area contributed by atoms with E-state index in [-0.39, 0.29) is 11.3 Å². The van der Waals surface area contributed by atoms with Gasteiger partial charge in [-0.3, -0.25) is 14.9 Å². The maximum atomic E-state index is 12.1. The van der Waals surface area contributed by atoms with Crippen molar-refractivity contribution in [2.24, 2.45) is 0 Å². The van der Waals surface area contributed by atoms with Crippen LogP contribution in [-0.2, 0) is 9.53 Å². The fourth-order valence-corrected chi connectivity index (χ4v) is 2.49. The molecule has 8 nitrogen and oxygen atoms in total. The summed E-state index contributed by atoms with van der Waals surface area (Å²) in [6.45, 7) is 1.13. The molecule has 9 heteroatoms. The molecular weight excluding hydrogens is 408 g/mol. The van der Waals surface area contributed by atoms with Gasteiger partial charge in [-0.2, -0.15) is 0 Å². The molecule has 0 aliphatic rings. The summed E-state index contributed by atoms with van der Waals surface area (Å²) in [5.74, 6) is -0.772. The summed E-state index contributed by atoms with van der Waals surface area (Å²) >= 11 is 3.24. The maximum Gasteiger partial charge on any atom is 0.339 e. The number of benzene rings is 2. The number of nitrogens with zero attached hydrogens (tertiary/aromatic N) is 1. The van der Waals surface area contributed by atoms with Crippen LogP contribution in [0.1, 0.15) is 15.9 Å². The third-order valence-electron chi connectivity index (χ3n) is 3.42. The number of halogens is 1. The number of non-ortho nitro benzene ring substituents is 1. The highest BCUT2D eigenvalue weighted by molar-refractivity contribution is 9.10.